The second-order valence-corrected chi connectivity index (χ2v) is 9.15. The molecule has 0 saturated carbocycles. The Morgan fingerprint density at radius 3 is 2.25 bits per heavy atom. The Bertz CT molecular complexity index is 692. The number of hydrogen-bond donors (Lipinski definition) is 0. The summed E-state index contributed by atoms with van der Waals surface area (Å²) in [5, 5.41) is -0.499. The van der Waals surface area contributed by atoms with E-state index >= 15 is 0 Å². The summed E-state index contributed by atoms with van der Waals surface area (Å²) in [6.07, 6.45) is 1.70. The molecule has 112 valence electrons. The molecule has 1 heterocycles. The van der Waals surface area contributed by atoms with Crippen molar-refractivity contribution in [1.29, 1.82) is 0 Å². The Kier molecular flexibility index (Phi) is 4.17. The smallest absolute Gasteiger partial charge is 0.229 e. The normalized spacial score (nSPS) is 19.1. The lowest BCUT2D eigenvalue weighted by atomic mass is 10.2. The van der Waals surface area contributed by atoms with Crippen LogP contribution < -0.4 is 0 Å². The van der Waals surface area contributed by atoms with Crippen LogP contribution in [-0.4, -0.2) is 45.7 Å². The molecule has 0 radical (unpaired) electrons. The molecule has 0 atom stereocenters. The summed E-state index contributed by atoms with van der Waals surface area (Å²) in [4.78, 5) is -0.102. The van der Waals surface area contributed by atoms with E-state index in [1.807, 2.05) is 0 Å². The fourth-order valence-corrected chi connectivity index (χ4v) is 4.85. The summed E-state index contributed by atoms with van der Waals surface area (Å²) in [7, 11) is -6.90. The zero-order valence-corrected chi connectivity index (χ0v) is 12.6. The minimum absolute atomic E-state index is 0.102. The first-order valence-electron chi connectivity index (χ1n) is 6.16. The van der Waals surface area contributed by atoms with E-state index in [1.165, 1.54) is 22.5 Å². The molecule has 0 unspecified atom stereocenters. The Balaban J connectivity index is 2.18. The summed E-state index contributed by atoms with van der Waals surface area (Å²) in [5.41, 5.74) is 0. The van der Waals surface area contributed by atoms with Crippen LogP contribution in [0.5, 0.6) is 0 Å². The van der Waals surface area contributed by atoms with Gasteiger partial charge in [-0.3, -0.25) is 0 Å². The van der Waals surface area contributed by atoms with Crippen LogP contribution in [0.3, 0.4) is 0 Å². The van der Waals surface area contributed by atoms with E-state index in [9.17, 15) is 21.2 Å². The summed E-state index contributed by atoms with van der Waals surface area (Å²) in [6, 6.07) is 4.82. The molecule has 1 saturated heterocycles. The van der Waals surface area contributed by atoms with Gasteiger partial charge in [-0.25, -0.2) is 21.2 Å². The van der Waals surface area contributed by atoms with Gasteiger partial charge in [0.25, 0.3) is 0 Å². The van der Waals surface area contributed by atoms with Crippen LogP contribution >= 0.6 is 0 Å². The van der Waals surface area contributed by atoms with Crippen LogP contribution in [0.1, 0.15) is 12.8 Å². The number of benzene rings is 1. The van der Waals surface area contributed by atoms with E-state index < -0.39 is 30.9 Å². The molecule has 0 bridgehead atoms. The van der Waals surface area contributed by atoms with E-state index in [1.54, 1.807) is 0 Å². The predicted octanol–water partition coefficient (Wildman–Crippen LogP) is 1.02. The molecule has 5 nitrogen and oxygen atoms in total. The topological polar surface area (TPSA) is 71.5 Å². The first-order chi connectivity index (χ1) is 9.21. The van der Waals surface area contributed by atoms with Gasteiger partial charge in [-0.15, -0.1) is 0 Å². The van der Waals surface area contributed by atoms with Gasteiger partial charge in [0, 0.05) is 19.3 Å². The summed E-state index contributed by atoms with van der Waals surface area (Å²) < 4.78 is 61.8. The molecule has 0 spiro atoms. The highest BCUT2D eigenvalue weighted by Crippen LogP contribution is 2.23. The van der Waals surface area contributed by atoms with E-state index in [-0.39, 0.29) is 30.8 Å². The summed E-state index contributed by atoms with van der Waals surface area (Å²) in [6.45, 7) is 0.271. The highest BCUT2D eigenvalue weighted by atomic mass is 32.2. The van der Waals surface area contributed by atoms with Gasteiger partial charge in [-0.05, 0) is 31.0 Å². The summed E-state index contributed by atoms with van der Waals surface area (Å²) in [5.74, 6) is -0.614. The first kappa shape index (κ1) is 15.4. The van der Waals surface area contributed by atoms with Crippen molar-refractivity contribution < 1.29 is 21.2 Å². The standard InChI is InChI=1S/C12H16FNO4S2/c1-19(15,16)11-5-7-14(8-6-11)20(17,18)12-4-2-3-10(13)9-12/h2-4,9,11H,5-8H2,1H3. The maximum Gasteiger partial charge on any atom is 0.243 e. The van der Waals surface area contributed by atoms with Gasteiger partial charge in [-0.2, -0.15) is 4.31 Å². The average Bonchev–Trinajstić information content (AvgIpc) is 2.38. The van der Waals surface area contributed by atoms with Crippen molar-refractivity contribution in [2.24, 2.45) is 0 Å². The fraction of sp³-hybridized carbons (Fsp3) is 0.500. The Labute approximate surface area is 118 Å². The molecule has 0 aliphatic carbocycles. The summed E-state index contributed by atoms with van der Waals surface area (Å²) >= 11 is 0. The largest absolute Gasteiger partial charge is 0.243 e. The quantitative estimate of drug-likeness (QED) is 0.833. The van der Waals surface area contributed by atoms with E-state index in [2.05, 4.69) is 0 Å². The third-order valence-electron chi connectivity index (χ3n) is 3.44. The number of halogens is 1. The molecular formula is C12H16FNO4S2. The fourth-order valence-electron chi connectivity index (χ4n) is 2.28. The van der Waals surface area contributed by atoms with Crippen LogP contribution in [0.15, 0.2) is 29.2 Å². The van der Waals surface area contributed by atoms with Gasteiger partial charge in [0.05, 0.1) is 10.1 Å². The minimum Gasteiger partial charge on any atom is -0.229 e. The van der Waals surface area contributed by atoms with Gasteiger partial charge in [0.1, 0.15) is 15.7 Å². The van der Waals surface area contributed by atoms with Crippen LogP contribution in [0.4, 0.5) is 4.39 Å². The van der Waals surface area contributed by atoms with Crippen LogP contribution in [-0.2, 0) is 19.9 Å². The Morgan fingerprint density at radius 1 is 1.15 bits per heavy atom. The van der Waals surface area contributed by atoms with Crippen molar-refractivity contribution in [3.8, 4) is 0 Å². The Morgan fingerprint density at radius 2 is 1.75 bits per heavy atom. The zero-order valence-electron chi connectivity index (χ0n) is 11.0. The molecule has 1 aromatic carbocycles. The average molecular weight is 321 g/mol. The third kappa shape index (κ3) is 3.18. The number of sulfonamides is 1. The van der Waals surface area contributed by atoms with Gasteiger partial charge >= 0.3 is 0 Å². The minimum atomic E-state index is -3.75. The number of piperidine rings is 1. The highest BCUT2D eigenvalue weighted by molar-refractivity contribution is 7.91. The lowest BCUT2D eigenvalue weighted by Crippen LogP contribution is -2.42. The molecule has 8 heteroatoms. The molecule has 20 heavy (non-hydrogen) atoms. The SMILES string of the molecule is CS(=O)(=O)C1CCN(S(=O)(=O)c2cccc(F)c2)CC1. The molecular weight excluding hydrogens is 305 g/mol. The maximum atomic E-state index is 13.1. The molecule has 2 rings (SSSR count). The van der Waals surface area contributed by atoms with Crippen molar-refractivity contribution in [3.05, 3.63) is 30.1 Å². The second-order valence-electron chi connectivity index (χ2n) is 4.89. The number of sulfone groups is 1. The van der Waals surface area contributed by atoms with Crippen molar-refractivity contribution in [2.75, 3.05) is 19.3 Å². The lowest BCUT2D eigenvalue weighted by Gasteiger charge is -2.30. The monoisotopic (exact) mass is 321 g/mol. The van der Waals surface area contributed by atoms with Crippen LogP contribution in [0.2, 0.25) is 0 Å². The van der Waals surface area contributed by atoms with Gasteiger partial charge in [0.15, 0.2) is 0 Å². The molecule has 1 fully saturated rings. The highest BCUT2D eigenvalue weighted by Gasteiger charge is 2.33. The molecule has 1 aliphatic heterocycles. The molecule has 1 aliphatic rings. The van der Waals surface area contributed by atoms with Crippen LogP contribution in [0, 0.1) is 5.82 Å². The van der Waals surface area contributed by atoms with Crippen LogP contribution in [0.25, 0.3) is 0 Å². The number of rotatable bonds is 3. The second kappa shape index (κ2) is 5.42. The molecule has 0 N–H and O–H groups in total. The predicted molar refractivity (Wildman–Crippen MR) is 73.0 cm³/mol. The molecule has 0 aromatic heterocycles. The van der Waals surface area contributed by atoms with Crippen molar-refractivity contribution in [1.82, 2.24) is 4.31 Å². The first-order valence-corrected chi connectivity index (χ1v) is 9.55. The van der Waals surface area contributed by atoms with Gasteiger partial charge < -0.3 is 0 Å². The number of nitrogens with zero attached hydrogens (tertiary/aromatic N) is 1. The van der Waals surface area contributed by atoms with Crippen molar-refractivity contribution in [3.63, 3.8) is 0 Å². The maximum absolute atomic E-state index is 13.1. The Hall–Kier alpha value is -0.990. The van der Waals surface area contributed by atoms with E-state index in [4.69, 9.17) is 0 Å². The molecule has 0 amide bonds. The van der Waals surface area contributed by atoms with Gasteiger partial charge in [-0.1, -0.05) is 6.07 Å². The van der Waals surface area contributed by atoms with Crippen molar-refractivity contribution in [2.45, 2.75) is 23.0 Å². The molecule has 1 aromatic rings. The van der Waals surface area contributed by atoms with E-state index in [0.29, 0.717) is 0 Å². The zero-order chi connectivity index (χ0) is 15.0. The lowest BCUT2D eigenvalue weighted by molar-refractivity contribution is 0.346. The van der Waals surface area contributed by atoms with Crippen molar-refractivity contribution >= 4 is 19.9 Å². The third-order valence-corrected chi connectivity index (χ3v) is 7.02. The number of hydrogen-bond acceptors (Lipinski definition) is 4. The van der Waals surface area contributed by atoms with E-state index in [0.717, 1.165) is 12.3 Å². The van der Waals surface area contributed by atoms with Gasteiger partial charge in [0.2, 0.25) is 10.0 Å².